The Hall–Kier alpha value is -0.600. The molecule has 0 heterocycles. The van der Waals surface area contributed by atoms with Crippen molar-refractivity contribution in [2.45, 2.75) is 33.1 Å². The highest BCUT2D eigenvalue weighted by molar-refractivity contribution is 7.91. The normalized spacial score (nSPS) is 12.4. The minimum absolute atomic E-state index is 0.163. The summed E-state index contributed by atoms with van der Waals surface area (Å²) < 4.78 is 22.9. The summed E-state index contributed by atoms with van der Waals surface area (Å²) in [5, 5.41) is 8.75. The molecule has 0 aromatic carbocycles. The molecule has 0 spiro atoms. The average molecular weight is 232 g/mol. The maximum absolute atomic E-state index is 11.4. The molecule has 0 aliphatic heterocycles. The SMILES string of the molecule is CC(C)(C#N)CCCS(=O)(=O)CCCN. The lowest BCUT2D eigenvalue weighted by molar-refractivity contribution is 0.445. The quantitative estimate of drug-likeness (QED) is 0.712. The van der Waals surface area contributed by atoms with E-state index in [-0.39, 0.29) is 11.5 Å². The number of hydrogen-bond donors (Lipinski definition) is 1. The van der Waals surface area contributed by atoms with Gasteiger partial charge in [-0.05, 0) is 39.7 Å². The molecule has 15 heavy (non-hydrogen) atoms. The Morgan fingerprint density at radius 2 is 1.80 bits per heavy atom. The summed E-state index contributed by atoms with van der Waals surface area (Å²) >= 11 is 0. The van der Waals surface area contributed by atoms with E-state index >= 15 is 0 Å². The fourth-order valence-electron chi connectivity index (χ4n) is 1.20. The highest BCUT2D eigenvalue weighted by Gasteiger charge is 2.18. The van der Waals surface area contributed by atoms with Crippen LogP contribution >= 0.6 is 0 Å². The highest BCUT2D eigenvalue weighted by atomic mass is 32.2. The Bertz CT molecular complexity index is 315. The first-order chi connectivity index (χ1) is 6.83. The van der Waals surface area contributed by atoms with E-state index in [9.17, 15) is 8.42 Å². The van der Waals surface area contributed by atoms with Gasteiger partial charge in [-0.1, -0.05) is 0 Å². The van der Waals surface area contributed by atoms with Crippen molar-refractivity contribution in [1.82, 2.24) is 0 Å². The Balaban J connectivity index is 3.92. The second-order valence-electron chi connectivity index (χ2n) is 4.39. The molecule has 0 saturated heterocycles. The first-order valence-electron chi connectivity index (χ1n) is 5.15. The topological polar surface area (TPSA) is 84.0 Å². The number of rotatable bonds is 7. The summed E-state index contributed by atoms with van der Waals surface area (Å²) in [4.78, 5) is 0. The maximum atomic E-state index is 11.4. The lowest BCUT2D eigenvalue weighted by Gasteiger charge is -2.14. The van der Waals surface area contributed by atoms with Crippen LogP contribution in [0.25, 0.3) is 0 Å². The highest BCUT2D eigenvalue weighted by Crippen LogP contribution is 2.21. The number of sulfone groups is 1. The first-order valence-corrected chi connectivity index (χ1v) is 6.97. The second-order valence-corrected chi connectivity index (χ2v) is 6.70. The van der Waals surface area contributed by atoms with Crippen LogP contribution in [0.15, 0.2) is 0 Å². The fraction of sp³-hybridized carbons (Fsp3) is 0.900. The Morgan fingerprint density at radius 1 is 1.27 bits per heavy atom. The van der Waals surface area contributed by atoms with Crippen LogP contribution in [0.2, 0.25) is 0 Å². The summed E-state index contributed by atoms with van der Waals surface area (Å²) in [5.41, 5.74) is 4.82. The molecule has 0 amide bonds. The van der Waals surface area contributed by atoms with Crippen molar-refractivity contribution in [1.29, 1.82) is 5.26 Å². The van der Waals surface area contributed by atoms with Gasteiger partial charge >= 0.3 is 0 Å². The summed E-state index contributed by atoms with van der Waals surface area (Å²) in [5.74, 6) is 0.328. The van der Waals surface area contributed by atoms with E-state index in [0.717, 1.165) is 0 Å². The van der Waals surface area contributed by atoms with Gasteiger partial charge in [-0.25, -0.2) is 8.42 Å². The van der Waals surface area contributed by atoms with E-state index in [0.29, 0.717) is 25.8 Å². The lowest BCUT2D eigenvalue weighted by atomic mass is 9.90. The minimum atomic E-state index is -2.96. The molecule has 0 radical (unpaired) electrons. The summed E-state index contributed by atoms with van der Waals surface area (Å²) in [7, 11) is -2.96. The maximum Gasteiger partial charge on any atom is 0.150 e. The third kappa shape index (κ3) is 7.34. The van der Waals surface area contributed by atoms with Crippen LogP contribution in [0.1, 0.15) is 33.1 Å². The lowest BCUT2D eigenvalue weighted by Crippen LogP contribution is -2.16. The molecule has 0 unspecified atom stereocenters. The molecule has 5 heteroatoms. The van der Waals surface area contributed by atoms with Gasteiger partial charge in [0, 0.05) is 0 Å². The van der Waals surface area contributed by atoms with Crippen LogP contribution in [-0.2, 0) is 9.84 Å². The molecule has 0 aliphatic carbocycles. The molecule has 0 rings (SSSR count). The third-order valence-electron chi connectivity index (χ3n) is 2.22. The van der Waals surface area contributed by atoms with Gasteiger partial charge in [0.15, 0.2) is 0 Å². The van der Waals surface area contributed by atoms with Crippen molar-refractivity contribution in [3.05, 3.63) is 0 Å². The molecule has 0 aromatic rings. The van der Waals surface area contributed by atoms with Gasteiger partial charge in [0.1, 0.15) is 9.84 Å². The first kappa shape index (κ1) is 14.4. The van der Waals surface area contributed by atoms with Crippen LogP contribution in [0, 0.1) is 16.7 Å². The van der Waals surface area contributed by atoms with Gasteiger partial charge in [0.2, 0.25) is 0 Å². The van der Waals surface area contributed by atoms with Crippen molar-refractivity contribution >= 4 is 9.84 Å². The molecule has 0 atom stereocenters. The molecule has 2 N–H and O–H groups in total. The van der Waals surface area contributed by atoms with E-state index in [2.05, 4.69) is 6.07 Å². The van der Waals surface area contributed by atoms with Crippen molar-refractivity contribution in [2.24, 2.45) is 11.1 Å². The molecule has 0 aliphatic rings. The number of hydrogen-bond acceptors (Lipinski definition) is 4. The molecular formula is C10H20N2O2S. The zero-order valence-corrected chi connectivity index (χ0v) is 10.3. The Labute approximate surface area is 92.4 Å². The zero-order valence-electron chi connectivity index (χ0n) is 9.49. The van der Waals surface area contributed by atoms with Gasteiger partial charge in [-0.3, -0.25) is 0 Å². The molecule has 0 bridgehead atoms. The third-order valence-corrected chi connectivity index (χ3v) is 4.04. The smallest absolute Gasteiger partial charge is 0.150 e. The van der Waals surface area contributed by atoms with E-state index in [1.807, 2.05) is 13.8 Å². The molecule has 0 aromatic heterocycles. The van der Waals surface area contributed by atoms with E-state index in [4.69, 9.17) is 11.0 Å². The van der Waals surface area contributed by atoms with Crippen molar-refractivity contribution in [2.75, 3.05) is 18.1 Å². The average Bonchev–Trinajstić information content (AvgIpc) is 2.14. The summed E-state index contributed by atoms with van der Waals surface area (Å²) in [6.07, 6.45) is 1.68. The molecule has 0 saturated carbocycles. The fourth-order valence-corrected chi connectivity index (χ4v) is 2.59. The second kappa shape index (κ2) is 6.09. The number of nitrogens with zero attached hydrogens (tertiary/aromatic N) is 1. The predicted molar refractivity (Wildman–Crippen MR) is 61.0 cm³/mol. The zero-order chi connectivity index (χ0) is 11.9. The van der Waals surface area contributed by atoms with E-state index < -0.39 is 15.3 Å². The van der Waals surface area contributed by atoms with E-state index in [1.54, 1.807) is 0 Å². The molecule has 88 valence electrons. The van der Waals surface area contributed by atoms with Crippen molar-refractivity contribution in [3.63, 3.8) is 0 Å². The number of nitrogens with two attached hydrogens (primary N) is 1. The van der Waals surface area contributed by atoms with Gasteiger partial charge in [0.25, 0.3) is 0 Å². The number of nitriles is 1. The van der Waals surface area contributed by atoms with Gasteiger partial charge < -0.3 is 5.73 Å². The van der Waals surface area contributed by atoms with Crippen molar-refractivity contribution in [3.8, 4) is 6.07 Å². The molecule has 4 nitrogen and oxygen atoms in total. The summed E-state index contributed by atoms with van der Waals surface area (Å²) in [6.45, 7) is 4.04. The van der Waals surface area contributed by atoms with Gasteiger partial charge in [-0.15, -0.1) is 0 Å². The van der Waals surface area contributed by atoms with Crippen molar-refractivity contribution < 1.29 is 8.42 Å². The van der Waals surface area contributed by atoms with Crippen LogP contribution in [-0.4, -0.2) is 26.5 Å². The standard InChI is InChI=1S/C10H20N2O2S/c1-10(2,9-12)5-3-7-15(13,14)8-4-6-11/h3-8,11H2,1-2H3. The van der Waals surface area contributed by atoms with Crippen LogP contribution in [0.4, 0.5) is 0 Å². The largest absolute Gasteiger partial charge is 0.330 e. The van der Waals surface area contributed by atoms with Gasteiger partial charge in [-0.2, -0.15) is 5.26 Å². The predicted octanol–water partition coefficient (Wildman–Crippen LogP) is 1.08. The Kier molecular flexibility index (Phi) is 5.84. The Morgan fingerprint density at radius 3 is 2.27 bits per heavy atom. The van der Waals surface area contributed by atoms with Crippen LogP contribution in [0.5, 0.6) is 0 Å². The molecular weight excluding hydrogens is 212 g/mol. The van der Waals surface area contributed by atoms with Crippen LogP contribution < -0.4 is 5.73 Å². The van der Waals surface area contributed by atoms with E-state index in [1.165, 1.54) is 0 Å². The molecule has 0 fully saturated rings. The van der Waals surface area contributed by atoms with Crippen LogP contribution in [0.3, 0.4) is 0 Å². The summed E-state index contributed by atoms with van der Waals surface area (Å²) in [6, 6.07) is 2.16. The monoisotopic (exact) mass is 232 g/mol. The minimum Gasteiger partial charge on any atom is -0.330 e. The van der Waals surface area contributed by atoms with Gasteiger partial charge in [0.05, 0.1) is 23.0 Å².